The number of aryl methyl sites for hydroxylation is 1. The topological polar surface area (TPSA) is 84.4 Å². The molecule has 8 heteroatoms. The Hall–Kier alpha value is -2.03. The van der Waals surface area contributed by atoms with Crippen LogP contribution in [0.15, 0.2) is 47.8 Å². The molecule has 0 amide bonds. The Morgan fingerprint density at radius 2 is 1.97 bits per heavy atom. The summed E-state index contributed by atoms with van der Waals surface area (Å²) in [6.07, 6.45) is 7.49. The molecule has 7 nitrogen and oxygen atoms in total. The maximum Gasteiger partial charge on any atom is 0.240 e. The van der Waals surface area contributed by atoms with E-state index in [1.54, 1.807) is 36.7 Å². The van der Waals surface area contributed by atoms with Crippen molar-refractivity contribution in [2.24, 2.45) is 5.41 Å². The SMILES string of the molecule is Cc1cncnc1N1CCC2(CCC(CNS(=O)(=O)c3ccccc3)OC2)CC1. The molecule has 0 radical (unpaired) electrons. The van der Waals surface area contributed by atoms with Gasteiger partial charge in [0, 0.05) is 31.4 Å². The number of hydrogen-bond donors (Lipinski definition) is 1. The second kappa shape index (κ2) is 8.38. The Morgan fingerprint density at radius 1 is 1.21 bits per heavy atom. The third kappa shape index (κ3) is 4.60. The summed E-state index contributed by atoms with van der Waals surface area (Å²) in [6, 6.07) is 8.47. The maximum absolute atomic E-state index is 12.4. The van der Waals surface area contributed by atoms with Gasteiger partial charge in [0.05, 0.1) is 17.6 Å². The number of rotatable bonds is 5. The smallest absolute Gasteiger partial charge is 0.240 e. The van der Waals surface area contributed by atoms with Crippen molar-refractivity contribution in [2.45, 2.75) is 43.6 Å². The van der Waals surface area contributed by atoms with Crippen LogP contribution in [0, 0.1) is 12.3 Å². The van der Waals surface area contributed by atoms with Gasteiger partial charge in [-0.3, -0.25) is 0 Å². The van der Waals surface area contributed by atoms with E-state index in [9.17, 15) is 8.42 Å². The van der Waals surface area contributed by atoms with Gasteiger partial charge < -0.3 is 9.64 Å². The van der Waals surface area contributed by atoms with Crippen molar-refractivity contribution < 1.29 is 13.2 Å². The molecule has 2 aliphatic heterocycles. The van der Waals surface area contributed by atoms with E-state index < -0.39 is 10.0 Å². The largest absolute Gasteiger partial charge is 0.376 e. The fourth-order valence-corrected chi connectivity index (χ4v) is 5.36. The zero-order valence-corrected chi connectivity index (χ0v) is 17.6. The predicted molar refractivity (Wildman–Crippen MR) is 111 cm³/mol. The van der Waals surface area contributed by atoms with Crippen LogP contribution in [0.1, 0.15) is 31.2 Å². The fourth-order valence-electron chi connectivity index (χ4n) is 4.27. The molecule has 156 valence electrons. The van der Waals surface area contributed by atoms with Gasteiger partial charge in [-0.05, 0) is 50.2 Å². The number of hydrogen-bond acceptors (Lipinski definition) is 6. The molecule has 1 atom stereocenters. The molecule has 2 fully saturated rings. The number of piperidine rings is 1. The standard InChI is InChI=1S/C21H28N4O3S/c1-17-13-22-16-23-20(17)25-11-9-21(10-12-25)8-7-18(28-15-21)14-24-29(26,27)19-5-3-2-4-6-19/h2-6,13,16,18,24H,7-12,14-15H2,1H3. The van der Waals surface area contributed by atoms with Crippen LogP contribution in [0.25, 0.3) is 0 Å². The summed E-state index contributed by atoms with van der Waals surface area (Å²) in [5, 5.41) is 0. The third-order valence-corrected chi connectivity index (χ3v) is 7.61. The van der Waals surface area contributed by atoms with Gasteiger partial charge in [0.2, 0.25) is 10.0 Å². The van der Waals surface area contributed by atoms with E-state index in [-0.39, 0.29) is 11.5 Å². The molecule has 1 unspecified atom stereocenters. The van der Waals surface area contributed by atoms with Crippen LogP contribution in [-0.4, -0.2) is 50.7 Å². The number of anilines is 1. The van der Waals surface area contributed by atoms with Crippen molar-refractivity contribution in [3.63, 3.8) is 0 Å². The molecule has 29 heavy (non-hydrogen) atoms. The number of sulfonamides is 1. The monoisotopic (exact) mass is 416 g/mol. The second-order valence-electron chi connectivity index (χ2n) is 8.15. The molecule has 0 saturated carbocycles. The first kappa shape index (κ1) is 20.3. The highest BCUT2D eigenvalue weighted by Crippen LogP contribution is 2.41. The molecule has 0 bridgehead atoms. The molecular weight excluding hydrogens is 388 g/mol. The van der Waals surface area contributed by atoms with Crippen molar-refractivity contribution in [2.75, 3.05) is 31.1 Å². The number of nitrogens with zero attached hydrogens (tertiary/aromatic N) is 3. The molecular formula is C21H28N4O3S. The summed E-state index contributed by atoms with van der Waals surface area (Å²) in [7, 11) is -3.48. The normalized spacial score (nSPS) is 22.0. The average molecular weight is 417 g/mol. The molecule has 1 aromatic carbocycles. The average Bonchev–Trinajstić information content (AvgIpc) is 2.75. The van der Waals surface area contributed by atoms with Crippen LogP contribution in [0.4, 0.5) is 5.82 Å². The van der Waals surface area contributed by atoms with E-state index in [1.807, 2.05) is 13.1 Å². The van der Waals surface area contributed by atoms with Crippen molar-refractivity contribution in [1.82, 2.24) is 14.7 Å². The van der Waals surface area contributed by atoms with Crippen LogP contribution >= 0.6 is 0 Å². The highest BCUT2D eigenvalue weighted by Gasteiger charge is 2.39. The zero-order valence-electron chi connectivity index (χ0n) is 16.8. The van der Waals surface area contributed by atoms with Gasteiger partial charge in [0.15, 0.2) is 0 Å². The molecule has 1 spiro atoms. The Bertz CT molecular complexity index is 918. The quantitative estimate of drug-likeness (QED) is 0.806. The summed E-state index contributed by atoms with van der Waals surface area (Å²) in [5.41, 5.74) is 1.31. The minimum atomic E-state index is -3.48. The summed E-state index contributed by atoms with van der Waals surface area (Å²) >= 11 is 0. The first-order valence-corrected chi connectivity index (χ1v) is 11.6. The summed E-state index contributed by atoms with van der Waals surface area (Å²) in [6.45, 7) is 4.99. The molecule has 2 aliphatic rings. The minimum absolute atomic E-state index is 0.0683. The fraction of sp³-hybridized carbons (Fsp3) is 0.524. The number of aromatic nitrogens is 2. The first-order valence-electron chi connectivity index (χ1n) is 10.2. The second-order valence-corrected chi connectivity index (χ2v) is 9.92. The Balaban J connectivity index is 1.27. The van der Waals surface area contributed by atoms with Crippen molar-refractivity contribution in [1.29, 1.82) is 0 Å². The third-order valence-electron chi connectivity index (χ3n) is 6.17. The van der Waals surface area contributed by atoms with E-state index >= 15 is 0 Å². The van der Waals surface area contributed by atoms with Crippen LogP contribution in [0.3, 0.4) is 0 Å². The highest BCUT2D eigenvalue weighted by molar-refractivity contribution is 7.89. The van der Waals surface area contributed by atoms with Crippen molar-refractivity contribution in [3.8, 4) is 0 Å². The van der Waals surface area contributed by atoms with Crippen molar-refractivity contribution in [3.05, 3.63) is 48.4 Å². The number of benzene rings is 1. The number of nitrogens with one attached hydrogen (secondary N) is 1. The molecule has 4 rings (SSSR count). The van der Waals surface area contributed by atoms with Crippen molar-refractivity contribution >= 4 is 15.8 Å². The summed E-state index contributed by atoms with van der Waals surface area (Å²) in [5.74, 6) is 1.03. The summed E-state index contributed by atoms with van der Waals surface area (Å²) in [4.78, 5) is 11.1. The van der Waals surface area contributed by atoms with E-state index in [4.69, 9.17) is 4.74 Å². The van der Waals surface area contributed by atoms with Gasteiger partial charge in [-0.1, -0.05) is 18.2 Å². The lowest BCUT2D eigenvalue weighted by Gasteiger charge is -2.46. The Morgan fingerprint density at radius 3 is 2.62 bits per heavy atom. The Kier molecular flexibility index (Phi) is 5.85. The van der Waals surface area contributed by atoms with Gasteiger partial charge >= 0.3 is 0 Å². The summed E-state index contributed by atoms with van der Waals surface area (Å²) < 4.78 is 33.6. The van der Waals surface area contributed by atoms with E-state index in [0.717, 1.165) is 50.2 Å². The van der Waals surface area contributed by atoms with E-state index in [0.29, 0.717) is 18.0 Å². The molecule has 1 aromatic heterocycles. The highest BCUT2D eigenvalue weighted by atomic mass is 32.2. The zero-order chi connectivity index (χ0) is 20.3. The van der Waals surface area contributed by atoms with Gasteiger partial charge in [-0.15, -0.1) is 0 Å². The molecule has 2 aromatic rings. The van der Waals surface area contributed by atoms with Gasteiger partial charge in [-0.2, -0.15) is 0 Å². The molecule has 3 heterocycles. The molecule has 2 saturated heterocycles. The number of ether oxygens (including phenoxy) is 1. The lowest BCUT2D eigenvalue weighted by atomic mass is 9.73. The minimum Gasteiger partial charge on any atom is -0.376 e. The molecule has 0 aliphatic carbocycles. The first-order chi connectivity index (χ1) is 14.0. The predicted octanol–water partition coefficient (Wildman–Crippen LogP) is 2.53. The Labute approximate surface area is 172 Å². The van der Waals surface area contributed by atoms with Gasteiger partial charge in [0.1, 0.15) is 12.1 Å². The van der Waals surface area contributed by atoms with Crippen LogP contribution in [0.2, 0.25) is 0 Å². The lowest BCUT2D eigenvalue weighted by molar-refractivity contribution is -0.0690. The van der Waals surface area contributed by atoms with Gasteiger partial charge in [0.25, 0.3) is 0 Å². The van der Waals surface area contributed by atoms with Gasteiger partial charge in [-0.25, -0.2) is 23.1 Å². The van der Waals surface area contributed by atoms with E-state index in [1.165, 1.54) is 0 Å². The van der Waals surface area contributed by atoms with Crippen LogP contribution in [-0.2, 0) is 14.8 Å². The molecule has 1 N–H and O–H groups in total. The maximum atomic E-state index is 12.4. The lowest BCUT2D eigenvalue weighted by Crippen LogP contribution is -2.48. The van der Waals surface area contributed by atoms with Crippen LogP contribution in [0.5, 0.6) is 0 Å². The van der Waals surface area contributed by atoms with Crippen LogP contribution < -0.4 is 9.62 Å². The van der Waals surface area contributed by atoms with E-state index in [2.05, 4.69) is 19.6 Å².